The Kier molecular flexibility index (Phi) is 34.4. The molecule has 0 amide bonds. The maximum absolute atomic E-state index is 12.0. The quantitative estimate of drug-likeness (QED) is 0.0538. The molecular formula is C41H80O5. The lowest BCUT2D eigenvalue weighted by atomic mass is 10.0. The molecule has 5 heteroatoms. The number of carbonyl (C=O) groups is 2. The summed E-state index contributed by atoms with van der Waals surface area (Å²) in [6, 6.07) is 0. The Hall–Kier alpha value is -1.10. The first-order valence-electron chi connectivity index (χ1n) is 20.3. The van der Waals surface area contributed by atoms with E-state index < -0.39 is 6.10 Å². The van der Waals surface area contributed by atoms with E-state index in [0.29, 0.717) is 12.8 Å². The van der Waals surface area contributed by atoms with Crippen molar-refractivity contribution in [3.8, 4) is 0 Å². The maximum Gasteiger partial charge on any atom is 0.305 e. The van der Waals surface area contributed by atoms with E-state index in [9.17, 15) is 14.7 Å². The molecule has 0 aromatic rings. The van der Waals surface area contributed by atoms with E-state index in [1.54, 1.807) is 0 Å². The smallest absolute Gasteiger partial charge is 0.305 e. The molecule has 0 aliphatic carbocycles. The summed E-state index contributed by atoms with van der Waals surface area (Å²) in [4.78, 5) is 23.9. The molecule has 0 unspecified atom stereocenters. The van der Waals surface area contributed by atoms with Gasteiger partial charge in [-0.2, -0.15) is 0 Å². The van der Waals surface area contributed by atoms with Crippen LogP contribution in [0.2, 0.25) is 0 Å². The van der Waals surface area contributed by atoms with Crippen LogP contribution in [0, 0.1) is 11.8 Å². The van der Waals surface area contributed by atoms with Crippen molar-refractivity contribution in [3.05, 3.63) is 0 Å². The van der Waals surface area contributed by atoms with Gasteiger partial charge in [0.2, 0.25) is 0 Å². The fraction of sp³-hybridized carbons (Fsp3) is 0.951. The van der Waals surface area contributed by atoms with Crippen LogP contribution in [-0.2, 0) is 19.1 Å². The van der Waals surface area contributed by atoms with Crippen LogP contribution in [-0.4, -0.2) is 36.4 Å². The van der Waals surface area contributed by atoms with Crippen LogP contribution in [0.15, 0.2) is 0 Å². The molecular weight excluding hydrogens is 572 g/mol. The van der Waals surface area contributed by atoms with Crippen LogP contribution in [0.5, 0.6) is 0 Å². The predicted molar refractivity (Wildman–Crippen MR) is 196 cm³/mol. The molecule has 0 aromatic carbocycles. The van der Waals surface area contributed by atoms with Crippen molar-refractivity contribution in [2.24, 2.45) is 11.8 Å². The van der Waals surface area contributed by atoms with E-state index in [4.69, 9.17) is 9.47 Å². The second kappa shape index (κ2) is 35.2. The summed E-state index contributed by atoms with van der Waals surface area (Å²) in [7, 11) is 0. The molecule has 0 heterocycles. The monoisotopic (exact) mass is 653 g/mol. The second-order valence-corrected chi connectivity index (χ2v) is 15.1. The molecule has 0 saturated carbocycles. The Balaban J connectivity index is 3.38. The fourth-order valence-electron chi connectivity index (χ4n) is 6.10. The van der Waals surface area contributed by atoms with Gasteiger partial charge in [0.15, 0.2) is 0 Å². The van der Waals surface area contributed by atoms with E-state index in [2.05, 4.69) is 27.7 Å². The highest BCUT2D eigenvalue weighted by Gasteiger charge is 2.12. The van der Waals surface area contributed by atoms with Gasteiger partial charge in [-0.1, -0.05) is 195 Å². The van der Waals surface area contributed by atoms with Crippen molar-refractivity contribution in [2.75, 3.05) is 13.2 Å². The third-order valence-electron chi connectivity index (χ3n) is 9.20. The molecule has 0 fully saturated rings. The van der Waals surface area contributed by atoms with Crippen molar-refractivity contribution in [1.29, 1.82) is 0 Å². The summed E-state index contributed by atoms with van der Waals surface area (Å²) in [6.45, 7) is 9.03. The second-order valence-electron chi connectivity index (χ2n) is 15.1. The summed E-state index contributed by atoms with van der Waals surface area (Å²) in [5, 5.41) is 10.0. The standard InChI is InChI=1S/C41H80O5/c1-37(2)31-27-23-19-15-11-7-5-9-13-17-21-25-29-33-40(43)45-35-39(42)36-46-41(44)34-30-26-22-18-14-10-6-8-12-16-20-24-28-32-38(3)4/h37-39,42H,5-36H2,1-4H3. The number of hydrogen-bond donors (Lipinski definition) is 1. The van der Waals surface area contributed by atoms with Gasteiger partial charge in [0, 0.05) is 12.8 Å². The molecule has 0 bridgehead atoms. The molecule has 0 saturated heterocycles. The summed E-state index contributed by atoms with van der Waals surface area (Å²) in [5.74, 6) is 1.14. The van der Waals surface area contributed by atoms with Crippen LogP contribution in [0.1, 0.15) is 220 Å². The van der Waals surface area contributed by atoms with Gasteiger partial charge in [-0.05, 0) is 24.7 Å². The van der Waals surface area contributed by atoms with Crippen molar-refractivity contribution in [2.45, 2.75) is 226 Å². The summed E-state index contributed by atoms with van der Waals surface area (Å²) >= 11 is 0. The van der Waals surface area contributed by atoms with Gasteiger partial charge < -0.3 is 14.6 Å². The van der Waals surface area contributed by atoms with E-state index in [1.807, 2.05) is 0 Å². The van der Waals surface area contributed by atoms with Crippen LogP contribution < -0.4 is 0 Å². The van der Waals surface area contributed by atoms with Gasteiger partial charge >= 0.3 is 11.9 Å². The minimum Gasteiger partial charge on any atom is -0.463 e. The van der Waals surface area contributed by atoms with E-state index >= 15 is 0 Å². The molecule has 1 N–H and O–H groups in total. The molecule has 0 radical (unpaired) electrons. The van der Waals surface area contributed by atoms with E-state index in [-0.39, 0.29) is 25.2 Å². The van der Waals surface area contributed by atoms with Gasteiger partial charge in [0.05, 0.1) is 0 Å². The Bertz CT molecular complexity index is 593. The van der Waals surface area contributed by atoms with Crippen LogP contribution in [0.3, 0.4) is 0 Å². The average molecular weight is 653 g/mol. The molecule has 0 rings (SSSR count). The lowest BCUT2D eigenvalue weighted by molar-refractivity contribution is -0.152. The Labute approximate surface area is 287 Å². The van der Waals surface area contributed by atoms with Crippen molar-refractivity contribution in [1.82, 2.24) is 0 Å². The van der Waals surface area contributed by atoms with Gasteiger partial charge in [0.1, 0.15) is 19.3 Å². The number of ether oxygens (including phenoxy) is 2. The first-order chi connectivity index (χ1) is 22.3. The minimum absolute atomic E-state index is 0.109. The molecule has 5 nitrogen and oxygen atoms in total. The SMILES string of the molecule is CC(C)CCCCCCCCCCCCCCCC(=O)OCC(O)COC(=O)CCCCCCCCCCCCCCCC(C)C. The van der Waals surface area contributed by atoms with Crippen molar-refractivity contribution < 1.29 is 24.2 Å². The topological polar surface area (TPSA) is 72.8 Å². The minimum atomic E-state index is -0.956. The average Bonchev–Trinajstić information content (AvgIpc) is 3.02. The number of aliphatic hydroxyl groups excluding tert-OH is 1. The third kappa shape index (κ3) is 37.4. The van der Waals surface area contributed by atoms with Crippen molar-refractivity contribution >= 4 is 11.9 Å². The first kappa shape index (κ1) is 44.9. The summed E-state index contributed by atoms with van der Waals surface area (Å²) in [6.07, 6.45) is 35.9. The van der Waals surface area contributed by atoms with Gasteiger partial charge in [-0.3, -0.25) is 9.59 Å². The van der Waals surface area contributed by atoms with Gasteiger partial charge in [0.25, 0.3) is 0 Å². The zero-order valence-electron chi connectivity index (χ0n) is 31.4. The fourth-order valence-corrected chi connectivity index (χ4v) is 6.10. The lowest BCUT2D eigenvalue weighted by Gasteiger charge is -2.12. The molecule has 0 spiro atoms. The number of carbonyl (C=O) groups excluding carboxylic acids is 2. The Morgan fingerprint density at radius 3 is 0.848 bits per heavy atom. The molecule has 0 aromatic heterocycles. The highest BCUT2D eigenvalue weighted by atomic mass is 16.6. The highest BCUT2D eigenvalue weighted by Crippen LogP contribution is 2.16. The zero-order chi connectivity index (χ0) is 33.9. The normalized spacial score (nSPS) is 11.7. The number of hydrogen-bond acceptors (Lipinski definition) is 5. The predicted octanol–water partition coefficient (Wildman–Crippen LogP) is 12.4. The summed E-state index contributed by atoms with van der Waals surface area (Å²) < 4.78 is 10.3. The lowest BCUT2D eigenvalue weighted by Crippen LogP contribution is -2.25. The zero-order valence-corrected chi connectivity index (χ0v) is 31.4. The Morgan fingerprint density at radius 1 is 0.391 bits per heavy atom. The Morgan fingerprint density at radius 2 is 0.609 bits per heavy atom. The molecule has 0 atom stereocenters. The number of rotatable bonds is 36. The molecule has 46 heavy (non-hydrogen) atoms. The summed E-state index contributed by atoms with van der Waals surface area (Å²) in [5.41, 5.74) is 0. The molecule has 0 aliphatic heterocycles. The van der Waals surface area contributed by atoms with E-state index in [1.165, 1.54) is 154 Å². The van der Waals surface area contributed by atoms with Crippen molar-refractivity contribution in [3.63, 3.8) is 0 Å². The molecule has 0 aliphatic rings. The largest absolute Gasteiger partial charge is 0.463 e. The maximum atomic E-state index is 12.0. The highest BCUT2D eigenvalue weighted by molar-refractivity contribution is 5.69. The number of aliphatic hydroxyl groups is 1. The number of unbranched alkanes of at least 4 members (excludes halogenated alkanes) is 24. The van der Waals surface area contributed by atoms with Crippen LogP contribution in [0.25, 0.3) is 0 Å². The number of esters is 2. The van der Waals surface area contributed by atoms with E-state index in [0.717, 1.165) is 37.5 Å². The van der Waals surface area contributed by atoms with Gasteiger partial charge in [-0.15, -0.1) is 0 Å². The van der Waals surface area contributed by atoms with Crippen LogP contribution in [0.4, 0.5) is 0 Å². The first-order valence-corrected chi connectivity index (χ1v) is 20.3. The van der Waals surface area contributed by atoms with Crippen LogP contribution >= 0.6 is 0 Å². The molecule has 274 valence electrons. The van der Waals surface area contributed by atoms with Gasteiger partial charge in [-0.25, -0.2) is 0 Å². The third-order valence-corrected chi connectivity index (χ3v) is 9.20.